The van der Waals surface area contributed by atoms with E-state index in [1.165, 1.54) is 7.11 Å². The highest BCUT2D eigenvalue weighted by atomic mass is 79.9. The van der Waals surface area contributed by atoms with Crippen LogP contribution >= 0.6 is 15.9 Å². The van der Waals surface area contributed by atoms with Crippen LogP contribution in [0.3, 0.4) is 0 Å². The number of ether oxygens (including phenoxy) is 1. The van der Waals surface area contributed by atoms with E-state index >= 15 is 0 Å². The zero-order valence-electron chi connectivity index (χ0n) is 10.4. The van der Waals surface area contributed by atoms with E-state index in [2.05, 4.69) is 15.9 Å². The molecule has 1 saturated carbocycles. The minimum absolute atomic E-state index is 0.0661. The van der Waals surface area contributed by atoms with E-state index in [1.807, 2.05) is 18.2 Å². The molecule has 1 unspecified atom stereocenters. The van der Waals surface area contributed by atoms with Gasteiger partial charge in [-0.2, -0.15) is 0 Å². The molecule has 1 aliphatic rings. The number of carbonyl (C=O) groups is 1. The number of aliphatic hydroxyl groups is 1. The largest absolute Gasteiger partial charge is 0.467 e. The third-order valence-corrected chi connectivity index (χ3v) is 4.42. The van der Waals surface area contributed by atoms with Crippen LogP contribution in [0.4, 0.5) is 0 Å². The van der Waals surface area contributed by atoms with E-state index in [0.29, 0.717) is 5.56 Å². The third-order valence-electron chi connectivity index (χ3n) is 3.73. The van der Waals surface area contributed by atoms with Crippen molar-refractivity contribution in [3.63, 3.8) is 0 Å². The standard InChI is InChI=1S/C14H17BrO3/c1-18-13(16)14(17,10-6-2-3-7-10)11-8-4-5-9-12(11)15/h4-5,8-10,17H,2-3,6-7H2,1H3. The van der Waals surface area contributed by atoms with Gasteiger partial charge in [0.1, 0.15) is 0 Å². The lowest BCUT2D eigenvalue weighted by Crippen LogP contribution is -2.43. The maximum Gasteiger partial charge on any atom is 0.342 e. The average Bonchev–Trinajstić information content (AvgIpc) is 2.91. The van der Waals surface area contributed by atoms with Crippen LogP contribution in [0.15, 0.2) is 28.7 Å². The van der Waals surface area contributed by atoms with Gasteiger partial charge in [-0.15, -0.1) is 0 Å². The fourth-order valence-corrected chi connectivity index (χ4v) is 3.35. The van der Waals surface area contributed by atoms with Gasteiger partial charge in [-0.05, 0) is 18.9 Å². The van der Waals surface area contributed by atoms with Crippen LogP contribution in [-0.4, -0.2) is 18.2 Å². The van der Waals surface area contributed by atoms with E-state index in [1.54, 1.807) is 6.07 Å². The van der Waals surface area contributed by atoms with Gasteiger partial charge < -0.3 is 9.84 Å². The summed E-state index contributed by atoms with van der Waals surface area (Å²) in [7, 11) is 1.32. The summed E-state index contributed by atoms with van der Waals surface area (Å²) in [5.41, 5.74) is -0.936. The van der Waals surface area contributed by atoms with Crippen LogP contribution in [0.1, 0.15) is 31.2 Å². The summed E-state index contributed by atoms with van der Waals surface area (Å²) in [5, 5.41) is 10.9. The Morgan fingerprint density at radius 3 is 2.56 bits per heavy atom. The summed E-state index contributed by atoms with van der Waals surface area (Å²) in [6.45, 7) is 0. The molecule has 1 aliphatic carbocycles. The molecular weight excluding hydrogens is 296 g/mol. The van der Waals surface area contributed by atoms with Crippen LogP contribution in [0.25, 0.3) is 0 Å². The van der Waals surface area contributed by atoms with Crippen LogP contribution in [0, 0.1) is 5.92 Å². The molecule has 1 aromatic carbocycles. The zero-order valence-corrected chi connectivity index (χ0v) is 11.9. The van der Waals surface area contributed by atoms with Gasteiger partial charge in [-0.25, -0.2) is 4.79 Å². The van der Waals surface area contributed by atoms with Gasteiger partial charge in [0, 0.05) is 16.0 Å². The molecule has 4 heteroatoms. The first-order chi connectivity index (χ1) is 8.60. The van der Waals surface area contributed by atoms with Crippen molar-refractivity contribution in [2.75, 3.05) is 7.11 Å². The number of benzene rings is 1. The number of hydrogen-bond acceptors (Lipinski definition) is 3. The van der Waals surface area contributed by atoms with Gasteiger partial charge in [0.2, 0.25) is 0 Å². The number of rotatable bonds is 3. The number of hydrogen-bond donors (Lipinski definition) is 1. The Morgan fingerprint density at radius 1 is 1.39 bits per heavy atom. The summed E-state index contributed by atoms with van der Waals surface area (Å²) in [6, 6.07) is 7.29. The molecule has 0 heterocycles. The van der Waals surface area contributed by atoms with E-state index in [0.717, 1.165) is 30.2 Å². The zero-order chi connectivity index (χ0) is 13.2. The van der Waals surface area contributed by atoms with Crippen molar-refractivity contribution in [3.05, 3.63) is 34.3 Å². The number of halogens is 1. The van der Waals surface area contributed by atoms with Crippen molar-refractivity contribution in [2.24, 2.45) is 5.92 Å². The van der Waals surface area contributed by atoms with Crippen LogP contribution < -0.4 is 0 Å². The minimum Gasteiger partial charge on any atom is -0.467 e. The Balaban J connectivity index is 2.48. The number of carbonyl (C=O) groups excluding carboxylic acids is 1. The molecule has 1 atom stereocenters. The fraction of sp³-hybridized carbons (Fsp3) is 0.500. The Bertz CT molecular complexity index is 440. The van der Waals surface area contributed by atoms with Crippen molar-refractivity contribution < 1.29 is 14.6 Å². The number of esters is 1. The van der Waals surface area contributed by atoms with Gasteiger partial charge in [0.15, 0.2) is 5.60 Å². The van der Waals surface area contributed by atoms with Gasteiger partial charge in [0.05, 0.1) is 7.11 Å². The summed E-state index contributed by atoms with van der Waals surface area (Å²) in [5.74, 6) is -0.634. The van der Waals surface area contributed by atoms with Gasteiger partial charge in [-0.1, -0.05) is 47.0 Å². The van der Waals surface area contributed by atoms with Gasteiger partial charge >= 0.3 is 5.97 Å². The Labute approximate surface area is 115 Å². The van der Waals surface area contributed by atoms with Crippen molar-refractivity contribution in [1.82, 2.24) is 0 Å². The SMILES string of the molecule is COC(=O)C(O)(c1ccccc1Br)C1CCCC1. The lowest BCUT2D eigenvalue weighted by Gasteiger charge is -2.32. The molecule has 3 nitrogen and oxygen atoms in total. The first-order valence-electron chi connectivity index (χ1n) is 6.16. The third kappa shape index (κ3) is 2.19. The molecule has 0 amide bonds. The normalized spacial score (nSPS) is 19.5. The highest BCUT2D eigenvalue weighted by Gasteiger charge is 2.48. The van der Waals surface area contributed by atoms with E-state index in [4.69, 9.17) is 4.74 Å². The van der Waals surface area contributed by atoms with Crippen molar-refractivity contribution in [1.29, 1.82) is 0 Å². The van der Waals surface area contributed by atoms with E-state index in [-0.39, 0.29) is 5.92 Å². The van der Waals surface area contributed by atoms with Gasteiger partial charge in [0.25, 0.3) is 0 Å². The lowest BCUT2D eigenvalue weighted by atomic mass is 9.80. The first kappa shape index (κ1) is 13.6. The summed E-state index contributed by atoms with van der Waals surface area (Å²) >= 11 is 3.41. The molecule has 0 bridgehead atoms. The van der Waals surface area contributed by atoms with Crippen LogP contribution in [-0.2, 0) is 15.1 Å². The van der Waals surface area contributed by atoms with Crippen molar-refractivity contribution >= 4 is 21.9 Å². The Morgan fingerprint density at radius 2 is 2.00 bits per heavy atom. The molecule has 2 rings (SSSR count). The van der Waals surface area contributed by atoms with Crippen molar-refractivity contribution in [3.8, 4) is 0 Å². The maximum atomic E-state index is 12.1. The minimum atomic E-state index is -1.54. The van der Waals surface area contributed by atoms with Crippen LogP contribution in [0.2, 0.25) is 0 Å². The molecule has 1 aromatic rings. The summed E-state index contributed by atoms with van der Waals surface area (Å²) < 4.78 is 5.57. The van der Waals surface area contributed by atoms with Gasteiger partial charge in [-0.3, -0.25) is 0 Å². The second kappa shape index (κ2) is 5.41. The van der Waals surface area contributed by atoms with Crippen LogP contribution in [0.5, 0.6) is 0 Å². The predicted molar refractivity (Wildman–Crippen MR) is 72.0 cm³/mol. The highest BCUT2D eigenvalue weighted by Crippen LogP contribution is 2.43. The second-order valence-electron chi connectivity index (χ2n) is 4.72. The smallest absolute Gasteiger partial charge is 0.342 e. The topological polar surface area (TPSA) is 46.5 Å². The Hall–Kier alpha value is -0.870. The average molecular weight is 313 g/mol. The fourth-order valence-electron chi connectivity index (χ4n) is 2.77. The lowest BCUT2D eigenvalue weighted by molar-refractivity contribution is -0.170. The molecule has 0 radical (unpaired) electrons. The summed E-state index contributed by atoms with van der Waals surface area (Å²) in [4.78, 5) is 12.1. The van der Waals surface area contributed by atoms with Crippen molar-refractivity contribution in [2.45, 2.75) is 31.3 Å². The molecule has 0 aromatic heterocycles. The molecule has 98 valence electrons. The predicted octanol–water partition coefficient (Wildman–Crippen LogP) is 3.00. The molecule has 18 heavy (non-hydrogen) atoms. The molecule has 1 fully saturated rings. The maximum absolute atomic E-state index is 12.1. The number of methoxy groups -OCH3 is 1. The quantitative estimate of drug-likeness (QED) is 0.873. The molecule has 0 aliphatic heterocycles. The monoisotopic (exact) mass is 312 g/mol. The molecular formula is C14H17BrO3. The van der Waals surface area contributed by atoms with E-state index in [9.17, 15) is 9.90 Å². The second-order valence-corrected chi connectivity index (χ2v) is 5.57. The summed E-state index contributed by atoms with van der Waals surface area (Å²) in [6.07, 6.45) is 3.81. The Kier molecular flexibility index (Phi) is 4.07. The highest BCUT2D eigenvalue weighted by molar-refractivity contribution is 9.10. The molecule has 0 spiro atoms. The van der Waals surface area contributed by atoms with E-state index < -0.39 is 11.6 Å². The molecule has 1 N–H and O–H groups in total. The first-order valence-corrected chi connectivity index (χ1v) is 6.95. The molecule has 0 saturated heterocycles.